The Morgan fingerprint density at radius 3 is 2.17 bits per heavy atom. The third-order valence-electron chi connectivity index (χ3n) is 6.30. The van der Waals surface area contributed by atoms with Crippen LogP contribution in [0.5, 0.6) is 0 Å². The zero-order valence-corrected chi connectivity index (χ0v) is 18.8. The van der Waals surface area contributed by atoms with Gasteiger partial charge in [0.15, 0.2) is 11.6 Å². The van der Waals surface area contributed by atoms with Crippen LogP contribution in [0.1, 0.15) is 65.0 Å². The second-order valence-corrected chi connectivity index (χ2v) is 8.72. The van der Waals surface area contributed by atoms with Crippen molar-refractivity contribution in [1.29, 1.82) is 5.26 Å². The third kappa shape index (κ3) is 5.46. The van der Waals surface area contributed by atoms with Gasteiger partial charge in [-0.05, 0) is 62.3 Å². The maximum atomic E-state index is 14.0. The fourth-order valence-electron chi connectivity index (χ4n) is 4.32. The van der Waals surface area contributed by atoms with Crippen molar-refractivity contribution in [2.24, 2.45) is 5.92 Å². The van der Waals surface area contributed by atoms with Crippen LogP contribution < -0.4 is 0 Å². The highest BCUT2D eigenvalue weighted by atomic mass is 19.2. The van der Waals surface area contributed by atoms with Crippen LogP contribution in [0.3, 0.4) is 0 Å². The fraction of sp³-hybridized carbons (Fsp3) is 0.500. The molecule has 0 N–H and O–H groups in total. The van der Waals surface area contributed by atoms with Gasteiger partial charge in [-0.15, -0.1) is 0 Å². The predicted molar refractivity (Wildman–Crippen MR) is 119 cm³/mol. The lowest BCUT2D eigenvalue weighted by atomic mass is 9.69. The van der Waals surface area contributed by atoms with E-state index in [0.29, 0.717) is 24.1 Å². The van der Waals surface area contributed by atoms with Crippen molar-refractivity contribution >= 4 is 0 Å². The van der Waals surface area contributed by atoms with E-state index in [2.05, 4.69) is 56.0 Å². The number of nitriles is 1. The Morgan fingerprint density at radius 2 is 1.67 bits per heavy atom. The average Bonchev–Trinajstić information content (AvgIpc) is 2.73. The lowest BCUT2D eigenvalue weighted by molar-refractivity contribution is 0.123. The molecule has 0 saturated heterocycles. The van der Waals surface area contributed by atoms with Crippen molar-refractivity contribution in [1.82, 2.24) is 4.90 Å². The highest BCUT2D eigenvalue weighted by Crippen LogP contribution is 2.38. The molecule has 0 fully saturated rings. The minimum atomic E-state index is -0.896. The van der Waals surface area contributed by atoms with Gasteiger partial charge in [0.25, 0.3) is 0 Å². The SMILES string of the molecule is CCC(CCC(C#N)(c1ccc(F)c(F)c1)C(C)C)N(Cc1ccccc1)C(C)C. The van der Waals surface area contributed by atoms with E-state index in [1.807, 2.05) is 19.9 Å². The normalized spacial score (nSPS) is 14.7. The smallest absolute Gasteiger partial charge is 0.159 e. The largest absolute Gasteiger partial charge is 0.294 e. The van der Waals surface area contributed by atoms with Gasteiger partial charge >= 0.3 is 0 Å². The molecule has 2 nitrogen and oxygen atoms in total. The Bertz CT molecular complexity index is 842. The first-order valence-electron chi connectivity index (χ1n) is 10.9. The van der Waals surface area contributed by atoms with E-state index in [4.69, 9.17) is 0 Å². The van der Waals surface area contributed by atoms with Gasteiger partial charge in [0.1, 0.15) is 0 Å². The molecule has 2 aromatic rings. The van der Waals surface area contributed by atoms with Gasteiger partial charge < -0.3 is 0 Å². The second-order valence-electron chi connectivity index (χ2n) is 8.72. The van der Waals surface area contributed by atoms with Gasteiger partial charge in [0.05, 0.1) is 11.5 Å². The second kappa shape index (κ2) is 10.7. The molecule has 2 aromatic carbocycles. The van der Waals surface area contributed by atoms with Crippen LogP contribution in [0, 0.1) is 28.9 Å². The molecule has 0 aliphatic heterocycles. The fourth-order valence-corrected chi connectivity index (χ4v) is 4.32. The van der Waals surface area contributed by atoms with Crippen LogP contribution in [-0.4, -0.2) is 17.0 Å². The Morgan fingerprint density at radius 1 is 1.00 bits per heavy atom. The van der Waals surface area contributed by atoms with E-state index in [1.54, 1.807) is 6.07 Å². The summed E-state index contributed by atoms with van der Waals surface area (Å²) in [5.41, 5.74) is 0.978. The van der Waals surface area contributed by atoms with Crippen LogP contribution in [-0.2, 0) is 12.0 Å². The van der Waals surface area contributed by atoms with Gasteiger partial charge in [-0.2, -0.15) is 5.26 Å². The molecule has 0 radical (unpaired) electrons. The monoisotopic (exact) mass is 412 g/mol. The first-order chi connectivity index (χ1) is 14.2. The highest BCUT2D eigenvalue weighted by Gasteiger charge is 2.37. The third-order valence-corrected chi connectivity index (χ3v) is 6.30. The molecule has 0 bridgehead atoms. The summed E-state index contributed by atoms with van der Waals surface area (Å²) in [5.74, 6) is -1.80. The summed E-state index contributed by atoms with van der Waals surface area (Å²) in [6.07, 6.45) is 2.37. The first kappa shape index (κ1) is 24.0. The van der Waals surface area contributed by atoms with E-state index in [1.165, 1.54) is 11.6 Å². The van der Waals surface area contributed by atoms with Crippen molar-refractivity contribution in [2.45, 2.75) is 77.9 Å². The summed E-state index contributed by atoms with van der Waals surface area (Å²) in [6.45, 7) is 11.4. The zero-order valence-electron chi connectivity index (χ0n) is 18.8. The molecule has 0 amide bonds. The van der Waals surface area contributed by atoms with Gasteiger partial charge in [0.2, 0.25) is 0 Å². The summed E-state index contributed by atoms with van der Waals surface area (Å²) in [6, 6.07) is 17.4. The minimum Gasteiger partial charge on any atom is -0.294 e. The van der Waals surface area contributed by atoms with Crippen molar-refractivity contribution in [3.8, 4) is 6.07 Å². The first-order valence-corrected chi connectivity index (χ1v) is 10.9. The predicted octanol–water partition coefficient (Wildman–Crippen LogP) is 6.85. The maximum Gasteiger partial charge on any atom is 0.159 e. The molecule has 4 heteroatoms. The van der Waals surface area contributed by atoms with Crippen molar-refractivity contribution in [3.05, 3.63) is 71.3 Å². The Labute approximate surface area is 180 Å². The lowest BCUT2D eigenvalue weighted by Crippen LogP contribution is -2.41. The molecule has 0 aliphatic rings. The number of hydrogen-bond acceptors (Lipinski definition) is 2. The summed E-state index contributed by atoms with van der Waals surface area (Å²) in [7, 11) is 0. The van der Waals surface area contributed by atoms with Crippen LogP contribution in [0.4, 0.5) is 8.78 Å². The van der Waals surface area contributed by atoms with Crippen molar-refractivity contribution in [3.63, 3.8) is 0 Å². The molecule has 0 spiro atoms. The molecule has 162 valence electrons. The van der Waals surface area contributed by atoms with Gasteiger partial charge in [-0.25, -0.2) is 8.78 Å². The number of rotatable bonds is 10. The molecular weight excluding hydrogens is 378 g/mol. The molecule has 2 unspecified atom stereocenters. The number of halogens is 2. The average molecular weight is 413 g/mol. The molecule has 0 saturated carbocycles. The lowest BCUT2D eigenvalue weighted by Gasteiger charge is -2.38. The van der Waals surface area contributed by atoms with Gasteiger partial charge in [0, 0.05) is 18.6 Å². The molecule has 30 heavy (non-hydrogen) atoms. The summed E-state index contributed by atoms with van der Waals surface area (Å²) in [5, 5.41) is 10.1. The van der Waals surface area contributed by atoms with Crippen molar-refractivity contribution < 1.29 is 8.78 Å². The summed E-state index contributed by atoms with van der Waals surface area (Å²) in [4.78, 5) is 2.48. The number of benzene rings is 2. The van der Waals surface area contributed by atoms with Crippen LogP contribution in [0.15, 0.2) is 48.5 Å². The molecule has 2 rings (SSSR count). The molecule has 0 aliphatic carbocycles. The number of hydrogen-bond donors (Lipinski definition) is 0. The van der Waals surface area contributed by atoms with Crippen molar-refractivity contribution in [2.75, 3.05) is 0 Å². The Kier molecular flexibility index (Phi) is 8.55. The van der Waals surface area contributed by atoms with Crippen LogP contribution in [0.25, 0.3) is 0 Å². The van der Waals surface area contributed by atoms with Crippen LogP contribution in [0.2, 0.25) is 0 Å². The van der Waals surface area contributed by atoms with Gasteiger partial charge in [-0.3, -0.25) is 4.90 Å². The Hall–Kier alpha value is -2.25. The van der Waals surface area contributed by atoms with E-state index in [9.17, 15) is 14.0 Å². The minimum absolute atomic E-state index is 0.0218. The van der Waals surface area contributed by atoms with Crippen LogP contribution >= 0.6 is 0 Å². The molecule has 0 heterocycles. The van der Waals surface area contributed by atoms with E-state index < -0.39 is 17.0 Å². The van der Waals surface area contributed by atoms with E-state index in [0.717, 1.165) is 25.5 Å². The quantitative estimate of drug-likeness (QED) is 0.426. The molecule has 0 aromatic heterocycles. The standard InChI is InChI=1S/C26H34F2N2/c1-6-23(30(20(4)5)17-21-10-8-7-9-11-21)14-15-26(18-29,19(2)3)22-12-13-24(27)25(28)16-22/h7-13,16,19-20,23H,6,14-15,17H2,1-5H3. The maximum absolute atomic E-state index is 14.0. The summed E-state index contributed by atoms with van der Waals surface area (Å²) >= 11 is 0. The molecular formula is C26H34F2N2. The summed E-state index contributed by atoms with van der Waals surface area (Å²) < 4.78 is 27.5. The van der Waals surface area contributed by atoms with E-state index >= 15 is 0 Å². The van der Waals surface area contributed by atoms with Gasteiger partial charge in [-0.1, -0.05) is 57.2 Å². The zero-order chi connectivity index (χ0) is 22.3. The number of nitrogens with zero attached hydrogens (tertiary/aromatic N) is 2. The Balaban J connectivity index is 2.28. The van der Waals surface area contributed by atoms with E-state index in [-0.39, 0.29) is 5.92 Å². The topological polar surface area (TPSA) is 27.0 Å². The highest BCUT2D eigenvalue weighted by molar-refractivity contribution is 5.34. The molecule has 2 atom stereocenters.